The second kappa shape index (κ2) is 8.55. The van der Waals surface area contributed by atoms with Crippen molar-refractivity contribution in [3.8, 4) is 0 Å². The fourth-order valence-electron chi connectivity index (χ4n) is 3.91. The zero-order chi connectivity index (χ0) is 19.6. The molecule has 27 heavy (non-hydrogen) atoms. The summed E-state index contributed by atoms with van der Waals surface area (Å²) < 4.78 is 13.6. The summed E-state index contributed by atoms with van der Waals surface area (Å²) in [6.07, 6.45) is 2.00. The zero-order valence-electron chi connectivity index (χ0n) is 15.4. The van der Waals surface area contributed by atoms with E-state index in [9.17, 15) is 9.18 Å². The molecule has 9 nitrogen and oxygen atoms in total. The molecule has 0 spiro atoms. The van der Waals surface area contributed by atoms with Gasteiger partial charge in [0.15, 0.2) is 0 Å². The second-order valence-electron chi connectivity index (χ2n) is 7.28. The summed E-state index contributed by atoms with van der Waals surface area (Å²) in [5, 5.41) is 7.65. The van der Waals surface area contributed by atoms with Gasteiger partial charge in [-0.15, -0.1) is 0 Å². The van der Waals surface area contributed by atoms with Crippen molar-refractivity contribution in [3.05, 3.63) is 24.0 Å². The lowest BCUT2D eigenvalue weighted by atomic mass is 9.89. The molecule has 0 aliphatic carbocycles. The van der Waals surface area contributed by atoms with E-state index in [1.54, 1.807) is 17.4 Å². The molecule has 1 amide bonds. The smallest absolute Gasteiger partial charge is 0.233 e. The van der Waals surface area contributed by atoms with E-state index in [0.717, 1.165) is 5.56 Å². The summed E-state index contributed by atoms with van der Waals surface area (Å²) in [6, 6.07) is 1.73. The number of nitrogens with one attached hydrogen (secondary N) is 3. The van der Waals surface area contributed by atoms with Gasteiger partial charge in [0, 0.05) is 31.2 Å². The molecule has 0 saturated carbocycles. The SMILES string of the molecule is CC(N)C(CCN)c1ccncc1NC(=O)C1C(N)NN2CC(F)CNC12. The number of halogens is 1. The number of nitrogens with zero attached hydrogens (tertiary/aromatic N) is 2. The summed E-state index contributed by atoms with van der Waals surface area (Å²) in [7, 11) is 0. The van der Waals surface area contributed by atoms with Crippen LogP contribution >= 0.6 is 0 Å². The van der Waals surface area contributed by atoms with Crippen LogP contribution in [0.2, 0.25) is 0 Å². The zero-order valence-corrected chi connectivity index (χ0v) is 15.4. The van der Waals surface area contributed by atoms with Crippen molar-refractivity contribution in [3.63, 3.8) is 0 Å². The molecule has 6 unspecified atom stereocenters. The summed E-state index contributed by atoms with van der Waals surface area (Å²) in [5.74, 6) is -0.827. The van der Waals surface area contributed by atoms with Crippen LogP contribution in [0.4, 0.5) is 10.1 Å². The Balaban J connectivity index is 1.78. The topological polar surface area (TPSA) is 147 Å². The van der Waals surface area contributed by atoms with E-state index in [1.807, 2.05) is 13.0 Å². The third kappa shape index (κ3) is 4.26. The maximum Gasteiger partial charge on any atom is 0.233 e. The Morgan fingerprint density at radius 3 is 3.04 bits per heavy atom. The lowest BCUT2D eigenvalue weighted by Crippen LogP contribution is -2.58. The minimum absolute atomic E-state index is 0.000256. The maximum atomic E-state index is 13.6. The average molecular weight is 380 g/mol. The van der Waals surface area contributed by atoms with Crippen LogP contribution in [0, 0.1) is 5.92 Å². The van der Waals surface area contributed by atoms with Gasteiger partial charge in [-0.3, -0.25) is 15.1 Å². The number of aromatic nitrogens is 1. The molecule has 0 radical (unpaired) electrons. The molecule has 0 bridgehead atoms. The second-order valence-corrected chi connectivity index (χ2v) is 7.28. The van der Waals surface area contributed by atoms with Crippen molar-refractivity contribution in [1.29, 1.82) is 0 Å². The van der Waals surface area contributed by atoms with Crippen LogP contribution in [0.25, 0.3) is 0 Å². The van der Waals surface area contributed by atoms with E-state index in [4.69, 9.17) is 17.2 Å². The highest BCUT2D eigenvalue weighted by atomic mass is 19.1. The van der Waals surface area contributed by atoms with Crippen LogP contribution in [0.3, 0.4) is 0 Å². The number of hydrogen-bond donors (Lipinski definition) is 6. The number of nitrogens with two attached hydrogens (primary N) is 3. The quantitative estimate of drug-likeness (QED) is 0.360. The third-order valence-electron chi connectivity index (χ3n) is 5.25. The highest BCUT2D eigenvalue weighted by Crippen LogP contribution is 2.30. The number of amides is 1. The van der Waals surface area contributed by atoms with Crippen molar-refractivity contribution in [1.82, 2.24) is 20.7 Å². The number of carbonyl (C=O) groups is 1. The Morgan fingerprint density at radius 1 is 1.56 bits per heavy atom. The standard InChI is InChI=1S/C17H29FN8O/c1-9(20)11(2-4-19)12-3-5-22-7-13(12)24-17(27)14-15(21)25-26-8-10(18)6-23-16(14)26/h3,5,7,9-11,14-16,23,25H,2,4,6,8,19-21H2,1H3,(H,24,27). The summed E-state index contributed by atoms with van der Waals surface area (Å²) in [4.78, 5) is 17.1. The van der Waals surface area contributed by atoms with Gasteiger partial charge in [-0.1, -0.05) is 0 Å². The predicted molar refractivity (Wildman–Crippen MR) is 101 cm³/mol. The molecular formula is C17H29FN8O. The Bertz CT molecular complexity index is 660. The van der Waals surface area contributed by atoms with E-state index in [0.29, 0.717) is 18.7 Å². The number of anilines is 1. The highest BCUT2D eigenvalue weighted by molar-refractivity contribution is 5.94. The lowest BCUT2D eigenvalue weighted by Gasteiger charge is -2.33. The van der Waals surface area contributed by atoms with E-state index in [1.165, 1.54) is 0 Å². The molecule has 150 valence electrons. The van der Waals surface area contributed by atoms with Crippen molar-refractivity contribution in [2.24, 2.45) is 23.1 Å². The van der Waals surface area contributed by atoms with Crippen molar-refractivity contribution in [2.45, 2.75) is 43.8 Å². The number of pyridine rings is 1. The van der Waals surface area contributed by atoms with Crippen LogP contribution in [0.5, 0.6) is 0 Å². The Hall–Kier alpha value is -1.69. The molecule has 2 fully saturated rings. The van der Waals surface area contributed by atoms with Gasteiger partial charge in [-0.2, -0.15) is 0 Å². The van der Waals surface area contributed by atoms with Crippen LogP contribution in [-0.2, 0) is 4.79 Å². The molecular weight excluding hydrogens is 351 g/mol. The van der Waals surface area contributed by atoms with Crippen molar-refractivity contribution < 1.29 is 9.18 Å². The molecule has 3 heterocycles. The molecule has 9 N–H and O–H groups in total. The third-order valence-corrected chi connectivity index (χ3v) is 5.25. The normalized spacial score (nSPS) is 30.6. The maximum absolute atomic E-state index is 13.6. The van der Waals surface area contributed by atoms with Gasteiger partial charge in [-0.25, -0.2) is 14.8 Å². The molecule has 2 saturated heterocycles. The molecule has 1 aromatic heterocycles. The lowest BCUT2D eigenvalue weighted by molar-refractivity contribution is -0.121. The van der Waals surface area contributed by atoms with Crippen LogP contribution in [0.15, 0.2) is 18.5 Å². The number of rotatable bonds is 6. The van der Waals surface area contributed by atoms with Gasteiger partial charge in [0.2, 0.25) is 5.91 Å². The molecule has 2 aliphatic heterocycles. The van der Waals surface area contributed by atoms with Gasteiger partial charge in [0.25, 0.3) is 0 Å². The van der Waals surface area contributed by atoms with E-state index in [2.05, 4.69) is 21.0 Å². The molecule has 10 heteroatoms. The van der Waals surface area contributed by atoms with Gasteiger partial charge >= 0.3 is 0 Å². The van der Waals surface area contributed by atoms with E-state index >= 15 is 0 Å². The Morgan fingerprint density at radius 2 is 2.33 bits per heavy atom. The predicted octanol–water partition coefficient (Wildman–Crippen LogP) is -1.21. The van der Waals surface area contributed by atoms with Gasteiger partial charge in [0.05, 0.1) is 30.1 Å². The molecule has 0 aromatic carbocycles. The highest BCUT2D eigenvalue weighted by Gasteiger charge is 2.47. The summed E-state index contributed by atoms with van der Waals surface area (Å²) in [6.45, 7) is 2.79. The largest absolute Gasteiger partial charge is 0.330 e. The van der Waals surface area contributed by atoms with E-state index < -0.39 is 18.3 Å². The first-order valence-corrected chi connectivity index (χ1v) is 9.28. The van der Waals surface area contributed by atoms with Gasteiger partial charge in [0.1, 0.15) is 6.17 Å². The molecule has 1 aromatic rings. The average Bonchev–Trinajstić information content (AvgIpc) is 2.95. The number of hydrogen-bond acceptors (Lipinski definition) is 8. The van der Waals surface area contributed by atoms with Crippen LogP contribution in [-0.4, -0.2) is 60.1 Å². The number of fused-ring (bicyclic) bond motifs is 1. The fraction of sp³-hybridized carbons (Fsp3) is 0.647. The van der Waals surface area contributed by atoms with Crippen molar-refractivity contribution >= 4 is 11.6 Å². The molecule has 3 rings (SSSR count). The van der Waals surface area contributed by atoms with Gasteiger partial charge in [-0.05, 0) is 31.5 Å². The van der Waals surface area contributed by atoms with Crippen LogP contribution < -0.4 is 33.3 Å². The first-order valence-electron chi connectivity index (χ1n) is 9.28. The molecule has 2 aliphatic rings. The number of carbonyl (C=O) groups excluding carboxylic acids is 1. The fourth-order valence-corrected chi connectivity index (χ4v) is 3.91. The van der Waals surface area contributed by atoms with Crippen LogP contribution in [0.1, 0.15) is 24.8 Å². The minimum Gasteiger partial charge on any atom is -0.330 e. The van der Waals surface area contributed by atoms with Gasteiger partial charge < -0.3 is 22.5 Å². The van der Waals surface area contributed by atoms with E-state index in [-0.39, 0.29) is 37.1 Å². The van der Waals surface area contributed by atoms with Crippen molar-refractivity contribution in [2.75, 3.05) is 25.0 Å². The Kier molecular flexibility index (Phi) is 6.35. The first-order chi connectivity index (χ1) is 12.9. The monoisotopic (exact) mass is 380 g/mol. The first kappa shape index (κ1) is 20.1. The Labute approximate surface area is 158 Å². The minimum atomic E-state index is -1.00. The number of alkyl halides is 1. The molecule has 6 atom stereocenters. The number of hydrazine groups is 1. The summed E-state index contributed by atoms with van der Waals surface area (Å²) in [5.41, 5.74) is 22.4. The summed E-state index contributed by atoms with van der Waals surface area (Å²) >= 11 is 0.